The SMILES string of the molecule is COc1cc2c(cc1OCCCN1CC[C@H](F)C1)N(C)C1CCCCC1=C2. The first kappa shape index (κ1) is 18.6. The van der Waals surface area contributed by atoms with Crippen molar-refractivity contribution >= 4 is 11.8 Å². The first-order valence-electron chi connectivity index (χ1n) is 10.3. The third kappa shape index (κ3) is 3.93. The minimum Gasteiger partial charge on any atom is -0.493 e. The van der Waals surface area contributed by atoms with Crippen LogP contribution in [0.15, 0.2) is 17.7 Å². The van der Waals surface area contributed by atoms with Crippen LogP contribution in [0.2, 0.25) is 0 Å². The summed E-state index contributed by atoms with van der Waals surface area (Å²) in [5, 5.41) is 0. The Kier molecular flexibility index (Phi) is 5.58. The van der Waals surface area contributed by atoms with Gasteiger partial charge in [-0.15, -0.1) is 0 Å². The summed E-state index contributed by atoms with van der Waals surface area (Å²) in [7, 11) is 3.89. The van der Waals surface area contributed by atoms with Gasteiger partial charge in [-0.1, -0.05) is 12.5 Å². The van der Waals surface area contributed by atoms with Gasteiger partial charge in [0.1, 0.15) is 6.17 Å². The number of likely N-dealkylation sites (tertiary alicyclic amines) is 1. The molecule has 1 saturated carbocycles. The number of nitrogens with zero attached hydrogens (tertiary/aromatic N) is 2. The molecule has 1 aromatic carbocycles. The number of alkyl halides is 1. The molecular weight excluding hydrogens is 343 g/mol. The third-order valence-electron chi connectivity index (χ3n) is 6.21. The van der Waals surface area contributed by atoms with Crippen LogP contribution in [0.4, 0.5) is 10.1 Å². The van der Waals surface area contributed by atoms with Crippen molar-refractivity contribution in [2.75, 3.05) is 45.3 Å². The topological polar surface area (TPSA) is 24.9 Å². The molecule has 2 fully saturated rings. The van der Waals surface area contributed by atoms with E-state index in [1.807, 2.05) is 0 Å². The molecule has 1 aliphatic carbocycles. The fraction of sp³-hybridized carbons (Fsp3) is 0.636. The molecule has 148 valence electrons. The molecule has 1 aromatic rings. The summed E-state index contributed by atoms with van der Waals surface area (Å²) in [6, 6.07) is 4.76. The Balaban J connectivity index is 1.44. The number of halogens is 1. The van der Waals surface area contributed by atoms with E-state index in [1.54, 1.807) is 12.7 Å². The lowest BCUT2D eigenvalue weighted by Crippen LogP contribution is -2.37. The summed E-state index contributed by atoms with van der Waals surface area (Å²) in [4.78, 5) is 4.59. The zero-order valence-electron chi connectivity index (χ0n) is 16.5. The van der Waals surface area contributed by atoms with Crippen molar-refractivity contribution in [3.05, 3.63) is 23.3 Å². The molecule has 4 rings (SSSR count). The average molecular weight is 375 g/mol. The number of hydrogen-bond acceptors (Lipinski definition) is 4. The van der Waals surface area contributed by atoms with E-state index in [4.69, 9.17) is 9.47 Å². The van der Waals surface area contributed by atoms with Gasteiger partial charge in [-0.2, -0.15) is 0 Å². The smallest absolute Gasteiger partial charge is 0.163 e. The maximum Gasteiger partial charge on any atom is 0.163 e. The van der Waals surface area contributed by atoms with Crippen LogP contribution in [0, 0.1) is 0 Å². The van der Waals surface area contributed by atoms with Crippen LogP contribution in [0.25, 0.3) is 6.08 Å². The molecule has 0 spiro atoms. The lowest BCUT2D eigenvalue weighted by atomic mass is 9.84. The van der Waals surface area contributed by atoms with Crippen molar-refractivity contribution in [3.8, 4) is 11.5 Å². The number of methoxy groups -OCH3 is 1. The molecule has 1 unspecified atom stereocenters. The molecule has 2 aliphatic heterocycles. The van der Waals surface area contributed by atoms with E-state index in [0.717, 1.165) is 31.0 Å². The molecule has 2 atom stereocenters. The zero-order valence-corrected chi connectivity index (χ0v) is 16.5. The summed E-state index contributed by atoms with van der Waals surface area (Å²) in [6.07, 6.45) is 8.30. The van der Waals surface area contributed by atoms with E-state index >= 15 is 0 Å². The maximum atomic E-state index is 13.3. The second-order valence-corrected chi connectivity index (χ2v) is 8.04. The van der Waals surface area contributed by atoms with Gasteiger partial charge in [0.15, 0.2) is 11.5 Å². The molecule has 0 radical (unpaired) electrons. The van der Waals surface area contributed by atoms with Crippen molar-refractivity contribution in [3.63, 3.8) is 0 Å². The van der Waals surface area contributed by atoms with E-state index < -0.39 is 6.17 Å². The van der Waals surface area contributed by atoms with E-state index in [0.29, 0.717) is 25.6 Å². The largest absolute Gasteiger partial charge is 0.493 e. The van der Waals surface area contributed by atoms with Gasteiger partial charge in [0.2, 0.25) is 0 Å². The predicted octanol–water partition coefficient (Wildman–Crippen LogP) is 4.28. The Labute approximate surface area is 161 Å². The van der Waals surface area contributed by atoms with Crippen LogP contribution in [-0.2, 0) is 0 Å². The predicted molar refractivity (Wildman–Crippen MR) is 108 cm³/mol. The van der Waals surface area contributed by atoms with Gasteiger partial charge in [0, 0.05) is 44.0 Å². The highest BCUT2D eigenvalue weighted by Gasteiger charge is 2.29. The van der Waals surface area contributed by atoms with E-state index in [9.17, 15) is 4.39 Å². The third-order valence-corrected chi connectivity index (χ3v) is 6.21. The Hall–Kier alpha value is -1.75. The zero-order chi connectivity index (χ0) is 18.8. The minimum absolute atomic E-state index is 0.524. The molecule has 0 N–H and O–H groups in total. The van der Waals surface area contributed by atoms with Gasteiger partial charge in [-0.3, -0.25) is 0 Å². The number of anilines is 1. The Morgan fingerprint density at radius 3 is 2.85 bits per heavy atom. The number of hydrogen-bond donors (Lipinski definition) is 0. The van der Waals surface area contributed by atoms with Gasteiger partial charge >= 0.3 is 0 Å². The fourth-order valence-corrected chi connectivity index (χ4v) is 4.71. The quantitative estimate of drug-likeness (QED) is 0.694. The van der Waals surface area contributed by atoms with Crippen LogP contribution in [-0.4, -0.2) is 57.5 Å². The van der Waals surface area contributed by atoms with Gasteiger partial charge in [-0.05, 0) is 43.7 Å². The number of fused-ring (bicyclic) bond motifs is 2. The molecule has 4 nitrogen and oxygen atoms in total. The van der Waals surface area contributed by atoms with Gasteiger partial charge < -0.3 is 19.3 Å². The molecule has 2 heterocycles. The molecule has 5 heteroatoms. The Morgan fingerprint density at radius 2 is 2.07 bits per heavy atom. The summed E-state index contributed by atoms with van der Waals surface area (Å²) in [5.41, 5.74) is 3.99. The molecular formula is C22H31FN2O2. The normalized spacial score (nSPS) is 25.0. The van der Waals surface area contributed by atoms with Gasteiger partial charge in [0.05, 0.1) is 19.8 Å². The number of likely N-dealkylation sites (N-methyl/N-ethyl adjacent to an activating group) is 1. The van der Waals surface area contributed by atoms with Gasteiger partial charge in [0.25, 0.3) is 0 Å². The van der Waals surface area contributed by atoms with Crippen LogP contribution >= 0.6 is 0 Å². The second kappa shape index (κ2) is 8.09. The summed E-state index contributed by atoms with van der Waals surface area (Å²) in [6.45, 7) is 2.95. The van der Waals surface area contributed by atoms with Crippen molar-refractivity contribution in [1.29, 1.82) is 0 Å². The highest BCUT2D eigenvalue weighted by atomic mass is 19.1. The second-order valence-electron chi connectivity index (χ2n) is 8.04. The molecule has 3 aliphatic rings. The lowest BCUT2D eigenvalue weighted by molar-refractivity contribution is 0.242. The first-order valence-corrected chi connectivity index (χ1v) is 10.3. The number of rotatable bonds is 6. The Bertz CT molecular complexity index is 706. The summed E-state index contributed by atoms with van der Waals surface area (Å²) >= 11 is 0. The van der Waals surface area contributed by atoms with E-state index in [1.165, 1.54) is 36.9 Å². The van der Waals surface area contributed by atoms with Crippen LogP contribution in [0.5, 0.6) is 11.5 Å². The minimum atomic E-state index is -0.653. The molecule has 0 bridgehead atoms. The first-order chi connectivity index (χ1) is 13.2. The molecule has 1 saturated heterocycles. The maximum absolute atomic E-state index is 13.3. The summed E-state index contributed by atoms with van der Waals surface area (Å²) in [5.74, 6) is 1.60. The highest BCUT2D eigenvalue weighted by Crippen LogP contribution is 2.43. The van der Waals surface area contributed by atoms with Crippen molar-refractivity contribution in [2.24, 2.45) is 0 Å². The van der Waals surface area contributed by atoms with Crippen molar-refractivity contribution in [2.45, 2.75) is 50.7 Å². The number of benzene rings is 1. The van der Waals surface area contributed by atoms with Crippen molar-refractivity contribution < 1.29 is 13.9 Å². The van der Waals surface area contributed by atoms with Crippen LogP contribution < -0.4 is 14.4 Å². The standard InChI is InChI=1S/C22H31FN2O2/c1-24-19-7-4-3-6-16(19)12-17-13-21(26-2)22(14-20(17)24)27-11-5-9-25-10-8-18(23)15-25/h12-14,18-19H,3-11,15H2,1-2H3/t18-,19?/m0/s1. The van der Waals surface area contributed by atoms with Crippen LogP contribution in [0.1, 0.15) is 44.1 Å². The molecule has 27 heavy (non-hydrogen) atoms. The van der Waals surface area contributed by atoms with Crippen molar-refractivity contribution in [1.82, 2.24) is 4.90 Å². The monoisotopic (exact) mass is 374 g/mol. The molecule has 0 aromatic heterocycles. The van der Waals surface area contributed by atoms with E-state index in [2.05, 4.69) is 35.1 Å². The molecule has 0 amide bonds. The van der Waals surface area contributed by atoms with E-state index in [-0.39, 0.29) is 0 Å². The summed E-state index contributed by atoms with van der Waals surface area (Å²) < 4.78 is 24.9. The fourth-order valence-electron chi connectivity index (χ4n) is 4.71. The highest BCUT2D eigenvalue weighted by molar-refractivity contribution is 5.77. The van der Waals surface area contributed by atoms with Crippen LogP contribution in [0.3, 0.4) is 0 Å². The Morgan fingerprint density at radius 1 is 1.19 bits per heavy atom. The van der Waals surface area contributed by atoms with Gasteiger partial charge in [-0.25, -0.2) is 4.39 Å². The lowest BCUT2D eigenvalue weighted by Gasteiger charge is -2.39. The average Bonchev–Trinajstić information content (AvgIpc) is 3.10. The number of ether oxygens (including phenoxy) is 2.